The molecule has 1 aliphatic rings. The van der Waals surface area contributed by atoms with Gasteiger partial charge < -0.3 is 10.1 Å². The molecule has 1 heterocycles. The molecule has 0 radical (unpaired) electrons. The highest BCUT2D eigenvalue weighted by Crippen LogP contribution is 2.44. The van der Waals surface area contributed by atoms with Gasteiger partial charge in [0.15, 0.2) is 5.01 Å². The fraction of sp³-hybridized carbons (Fsp3) is 0.250. The summed E-state index contributed by atoms with van der Waals surface area (Å²) in [5, 5.41) is 3.60. The van der Waals surface area contributed by atoms with Crippen LogP contribution in [0.5, 0.6) is 0 Å². The molecule has 0 fully saturated rings. The first kappa shape index (κ1) is 19.2. The molecule has 1 aliphatic carbocycles. The second-order valence-corrected chi connectivity index (χ2v) is 8.17. The number of hydrogen-bond donors (Lipinski definition) is 1. The van der Waals surface area contributed by atoms with Crippen LogP contribution in [-0.2, 0) is 4.74 Å². The molecule has 1 amide bonds. The van der Waals surface area contributed by atoms with E-state index in [9.17, 15) is 4.79 Å². The highest BCUT2D eigenvalue weighted by molar-refractivity contribution is 7.12. The van der Waals surface area contributed by atoms with Gasteiger partial charge in [0.1, 0.15) is 6.61 Å². The van der Waals surface area contributed by atoms with Gasteiger partial charge in [-0.25, -0.2) is 9.78 Å². The molecule has 0 bridgehead atoms. The Kier molecular flexibility index (Phi) is 5.64. The fourth-order valence-electron chi connectivity index (χ4n) is 3.54. The Morgan fingerprint density at radius 1 is 1.10 bits per heavy atom. The number of benzene rings is 2. The summed E-state index contributed by atoms with van der Waals surface area (Å²) in [5.74, 6) is 6.17. The van der Waals surface area contributed by atoms with E-state index >= 15 is 0 Å². The summed E-state index contributed by atoms with van der Waals surface area (Å²) in [5.41, 5.74) is 5.89. The lowest BCUT2D eigenvalue weighted by molar-refractivity contribution is 0.143. The highest BCUT2D eigenvalue weighted by Gasteiger charge is 2.28. The minimum Gasteiger partial charge on any atom is -0.449 e. The Bertz CT molecular complexity index is 1040. The molecule has 0 saturated carbocycles. The molecule has 0 atom stereocenters. The topological polar surface area (TPSA) is 51.2 Å². The summed E-state index contributed by atoms with van der Waals surface area (Å²) in [6.45, 7) is 4.79. The molecule has 4 nitrogen and oxygen atoms in total. The molecule has 2 aromatic carbocycles. The first-order chi connectivity index (χ1) is 14.1. The number of thiazole rings is 1. The van der Waals surface area contributed by atoms with Gasteiger partial charge >= 0.3 is 6.09 Å². The molecule has 0 aliphatic heterocycles. The van der Waals surface area contributed by atoms with Gasteiger partial charge in [-0.3, -0.25) is 0 Å². The Morgan fingerprint density at radius 2 is 1.76 bits per heavy atom. The monoisotopic (exact) mass is 402 g/mol. The second kappa shape index (κ2) is 8.50. The average molecular weight is 403 g/mol. The van der Waals surface area contributed by atoms with Crippen molar-refractivity contribution < 1.29 is 9.53 Å². The quantitative estimate of drug-likeness (QED) is 0.491. The molecule has 1 aromatic heterocycles. The summed E-state index contributed by atoms with van der Waals surface area (Å²) in [4.78, 5) is 17.7. The molecule has 0 unspecified atom stereocenters. The normalized spacial score (nSPS) is 11.9. The zero-order valence-electron chi connectivity index (χ0n) is 16.5. The van der Waals surface area contributed by atoms with Crippen LogP contribution in [0.25, 0.3) is 11.1 Å². The van der Waals surface area contributed by atoms with Gasteiger partial charge in [0, 0.05) is 23.8 Å². The first-order valence-electron chi connectivity index (χ1n) is 9.65. The lowest BCUT2D eigenvalue weighted by Gasteiger charge is -2.14. The van der Waals surface area contributed by atoms with Crippen molar-refractivity contribution in [1.29, 1.82) is 0 Å². The molecule has 3 aromatic rings. The van der Waals surface area contributed by atoms with Crippen molar-refractivity contribution in [2.24, 2.45) is 0 Å². The van der Waals surface area contributed by atoms with Crippen LogP contribution in [0.2, 0.25) is 0 Å². The molecule has 29 heavy (non-hydrogen) atoms. The van der Waals surface area contributed by atoms with E-state index in [1.807, 2.05) is 38.1 Å². The van der Waals surface area contributed by atoms with Gasteiger partial charge in [-0.05, 0) is 42.0 Å². The van der Waals surface area contributed by atoms with Gasteiger partial charge in [-0.1, -0.05) is 54.5 Å². The van der Waals surface area contributed by atoms with Crippen LogP contribution in [-0.4, -0.2) is 24.2 Å². The van der Waals surface area contributed by atoms with Crippen molar-refractivity contribution in [3.8, 4) is 23.0 Å². The van der Waals surface area contributed by atoms with E-state index in [0.717, 1.165) is 10.7 Å². The SMILES string of the molecule is Cc1nc(C#CCCNC(=O)OCC2c3ccccc3-c3ccccc32)sc1C. The highest BCUT2D eigenvalue weighted by atomic mass is 32.1. The molecule has 4 rings (SSSR count). The number of amides is 1. The van der Waals surface area contributed by atoms with Crippen LogP contribution in [0.3, 0.4) is 0 Å². The van der Waals surface area contributed by atoms with E-state index in [-0.39, 0.29) is 5.92 Å². The molecule has 1 N–H and O–H groups in total. The Morgan fingerprint density at radius 3 is 2.38 bits per heavy atom. The number of nitrogens with one attached hydrogen (secondary N) is 1. The summed E-state index contributed by atoms with van der Waals surface area (Å²) in [7, 11) is 0. The smallest absolute Gasteiger partial charge is 0.407 e. The van der Waals surface area contributed by atoms with Crippen LogP contribution in [0.1, 0.15) is 39.0 Å². The van der Waals surface area contributed by atoms with E-state index in [1.54, 1.807) is 11.3 Å². The summed E-state index contributed by atoms with van der Waals surface area (Å²) in [6.07, 6.45) is 0.150. The van der Waals surface area contributed by atoms with E-state index in [1.165, 1.54) is 27.1 Å². The van der Waals surface area contributed by atoms with E-state index in [4.69, 9.17) is 4.74 Å². The second-order valence-electron chi connectivity index (χ2n) is 6.96. The van der Waals surface area contributed by atoms with E-state index in [0.29, 0.717) is 19.6 Å². The van der Waals surface area contributed by atoms with E-state index < -0.39 is 6.09 Å². The van der Waals surface area contributed by atoms with Crippen LogP contribution in [0.15, 0.2) is 48.5 Å². The Hall–Kier alpha value is -3.10. The number of alkyl carbamates (subject to hydrolysis) is 1. The van der Waals surface area contributed by atoms with Gasteiger partial charge in [-0.15, -0.1) is 11.3 Å². The number of hydrogen-bond acceptors (Lipinski definition) is 4. The lowest BCUT2D eigenvalue weighted by atomic mass is 9.98. The fourth-order valence-corrected chi connectivity index (χ4v) is 4.33. The minimum atomic E-state index is -0.408. The molecule has 0 saturated heterocycles. The van der Waals surface area contributed by atoms with Crippen LogP contribution in [0.4, 0.5) is 4.79 Å². The number of rotatable bonds is 4. The Balaban J connectivity index is 1.29. The molecule has 5 heteroatoms. The third-order valence-corrected chi connectivity index (χ3v) is 6.08. The molecular formula is C24H22N2O2S. The van der Waals surface area contributed by atoms with Gasteiger partial charge in [-0.2, -0.15) is 0 Å². The van der Waals surface area contributed by atoms with Crippen molar-refractivity contribution in [2.45, 2.75) is 26.2 Å². The minimum absolute atomic E-state index is 0.0734. The van der Waals surface area contributed by atoms with Crippen molar-refractivity contribution in [3.63, 3.8) is 0 Å². The standard InChI is InChI=1S/C24H22N2O2S/c1-16-17(2)29-23(26-16)13-7-8-14-25-24(27)28-15-22-20-11-5-3-9-18(20)19-10-4-6-12-21(19)22/h3-6,9-12,22H,8,14-15H2,1-2H3,(H,25,27). The Labute approximate surface area is 175 Å². The number of aryl methyl sites for hydroxylation is 2. The summed E-state index contributed by atoms with van der Waals surface area (Å²) >= 11 is 1.59. The number of carbonyl (C=O) groups excluding carboxylic acids is 1. The van der Waals surface area contributed by atoms with Crippen LogP contribution < -0.4 is 5.32 Å². The maximum absolute atomic E-state index is 12.1. The largest absolute Gasteiger partial charge is 0.449 e. The molecule has 0 spiro atoms. The third-order valence-electron chi connectivity index (χ3n) is 5.09. The molecular weight excluding hydrogens is 380 g/mol. The van der Waals surface area contributed by atoms with Crippen LogP contribution >= 0.6 is 11.3 Å². The van der Waals surface area contributed by atoms with Gasteiger partial charge in [0.25, 0.3) is 0 Å². The zero-order valence-corrected chi connectivity index (χ0v) is 17.3. The summed E-state index contributed by atoms with van der Waals surface area (Å²) in [6, 6.07) is 16.6. The average Bonchev–Trinajstić information content (AvgIpc) is 3.23. The summed E-state index contributed by atoms with van der Waals surface area (Å²) < 4.78 is 5.52. The number of nitrogens with zero attached hydrogens (tertiary/aromatic N) is 1. The molecule has 146 valence electrons. The van der Waals surface area contributed by atoms with Crippen molar-refractivity contribution in [2.75, 3.05) is 13.2 Å². The third kappa shape index (κ3) is 4.18. The van der Waals surface area contributed by atoms with Gasteiger partial charge in [0.2, 0.25) is 0 Å². The van der Waals surface area contributed by atoms with Gasteiger partial charge in [0.05, 0.1) is 5.69 Å². The number of fused-ring (bicyclic) bond motifs is 3. The van der Waals surface area contributed by atoms with Crippen LogP contribution in [0, 0.1) is 25.7 Å². The van der Waals surface area contributed by atoms with E-state index in [2.05, 4.69) is 46.4 Å². The van der Waals surface area contributed by atoms with Crippen molar-refractivity contribution >= 4 is 17.4 Å². The first-order valence-corrected chi connectivity index (χ1v) is 10.5. The van der Waals surface area contributed by atoms with Crippen molar-refractivity contribution in [1.82, 2.24) is 10.3 Å². The van der Waals surface area contributed by atoms with Crippen molar-refractivity contribution in [3.05, 3.63) is 75.2 Å². The maximum Gasteiger partial charge on any atom is 0.407 e. The lowest BCUT2D eigenvalue weighted by Crippen LogP contribution is -2.26. The zero-order chi connectivity index (χ0) is 20.2. The predicted molar refractivity (Wildman–Crippen MR) is 116 cm³/mol. The predicted octanol–water partition coefficient (Wildman–Crippen LogP) is 5.04. The maximum atomic E-state index is 12.1. The number of ether oxygens (including phenoxy) is 1. The number of carbonyl (C=O) groups is 1. The number of aromatic nitrogens is 1.